The summed E-state index contributed by atoms with van der Waals surface area (Å²) in [4.78, 5) is 21.4. The van der Waals surface area contributed by atoms with Gasteiger partial charge in [0.15, 0.2) is 0 Å². The highest BCUT2D eigenvalue weighted by Crippen LogP contribution is 2.43. The van der Waals surface area contributed by atoms with Crippen LogP contribution in [-0.4, -0.2) is 33.5 Å². The summed E-state index contributed by atoms with van der Waals surface area (Å²) in [6.45, 7) is 4.71. The van der Waals surface area contributed by atoms with Gasteiger partial charge in [-0.1, -0.05) is 72.0 Å². The van der Waals surface area contributed by atoms with Crippen LogP contribution in [0, 0.1) is 12.8 Å². The lowest BCUT2D eigenvalue weighted by atomic mass is 9.88. The second-order valence-electron chi connectivity index (χ2n) is 6.96. The number of thiocarbonyl (C=S) groups is 1. The van der Waals surface area contributed by atoms with Crippen LogP contribution in [0.25, 0.3) is 0 Å². The molecule has 0 aliphatic carbocycles. The van der Waals surface area contributed by atoms with E-state index >= 15 is 0 Å². The number of nitrogens with zero attached hydrogens (tertiary/aromatic N) is 2. The number of carbonyl (C=O) groups is 1. The molecule has 27 heavy (non-hydrogen) atoms. The number of para-hydroxylation sites is 1. The van der Waals surface area contributed by atoms with E-state index in [1.807, 2.05) is 42.3 Å². The maximum absolute atomic E-state index is 13.4. The number of thioether (sulfide) groups is 1. The van der Waals surface area contributed by atoms with Crippen LogP contribution < -0.4 is 5.06 Å². The van der Waals surface area contributed by atoms with Crippen LogP contribution in [0.3, 0.4) is 0 Å². The van der Waals surface area contributed by atoms with Gasteiger partial charge in [-0.15, -0.1) is 0 Å². The van der Waals surface area contributed by atoms with Gasteiger partial charge in [0.05, 0.1) is 23.8 Å². The molecule has 2 saturated heterocycles. The third kappa shape index (κ3) is 3.49. The van der Waals surface area contributed by atoms with Gasteiger partial charge in [0.25, 0.3) is 0 Å². The molecule has 0 aromatic heterocycles. The quantitative estimate of drug-likeness (QED) is 0.718. The number of benzene rings is 2. The van der Waals surface area contributed by atoms with Crippen LogP contribution in [0.15, 0.2) is 54.6 Å². The van der Waals surface area contributed by atoms with Gasteiger partial charge in [-0.25, -0.2) is 5.06 Å². The lowest BCUT2D eigenvalue weighted by Gasteiger charge is -2.29. The third-order valence-electron chi connectivity index (χ3n) is 5.12. The Hall–Kier alpha value is -1.89. The fourth-order valence-corrected chi connectivity index (χ4v) is 4.94. The van der Waals surface area contributed by atoms with Crippen molar-refractivity contribution < 1.29 is 9.63 Å². The van der Waals surface area contributed by atoms with Gasteiger partial charge >= 0.3 is 0 Å². The minimum Gasteiger partial charge on any atom is -0.297 e. The zero-order valence-electron chi connectivity index (χ0n) is 15.4. The second kappa shape index (κ2) is 7.62. The van der Waals surface area contributed by atoms with Gasteiger partial charge in [0.1, 0.15) is 4.32 Å². The SMILES string of the molecule is Cc1ccc([C@H]2[C@@H](C(=O)N3CCSC3=S)[C@H](C)ON2c2ccccc2)cc1. The molecule has 4 nitrogen and oxygen atoms in total. The molecule has 140 valence electrons. The van der Waals surface area contributed by atoms with E-state index in [9.17, 15) is 4.79 Å². The van der Waals surface area contributed by atoms with E-state index in [2.05, 4.69) is 31.2 Å². The molecule has 2 aromatic rings. The van der Waals surface area contributed by atoms with E-state index in [4.69, 9.17) is 17.1 Å². The molecule has 2 aromatic carbocycles. The van der Waals surface area contributed by atoms with Gasteiger partial charge in [0.2, 0.25) is 5.91 Å². The number of carbonyl (C=O) groups excluding carboxylic acids is 1. The molecule has 0 spiro atoms. The van der Waals surface area contributed by atoms with Crippen LogP contribution in [0.1, 0.15) is 24.1 Å². The lowest BCUT2D eigenvalue weighted by molar-refractivity contribution is -0.132. The summed E-state index contributed by atoms with van der Waals surface area (Å²) in [5.74, 6) is 0.607. The first kappa shape index (κ1) is 18.5. The predicted molar refractivity (Wildman–Crippen MR) is 114 cm³/mol. The van der Waals surface area contributed by atoms with Crippen LogP contribution in [0.4, 0.5) is 5.69 Å². The van der Waals surface area contributed by atoms with Crippen molar-refractivity contribution >= 4 is 39.9 Å². The maximum Gasteiger partial charge on any atom is 0.236 e. The summed E-state index contributed by atoms with van der Waals surface area (Å²) in [7, 11) is 0. The summed E-state index contributed by atoms with van der Waals surface area (Å²) in [5.41, 5.74) is 3.21. The van der Waals surface area contributed by atoms with E-state index in [-0.39, 0.29) is 24.0 Å². The number of hydrogen-bond acceptors (Lipinski definition) is 5. The number of hydrogen-bond donors (Lipinski definition) is 0. The molecule has 2 heterocycles. The Morgan fingerprint density at radius 3 is 2.48 bits per heavy atom. The van der Waals surface area contributed by atoms with Crippen molar-refractivity contribution in [3.05, 3.63) is 65.7 Å². The highest BCUT2D eigenvalue weighted by molar-refractivity contribution is 8.23. The van der Waals surface area contributed by atoms with E-state index in [0.717, 1.165) is 17.0 Å². The molecule has 4 rings (SSSR count). The zero-order chi connectivity index (χ0) is 19.0. The molecule has 2 aliphatic rings. The van der Waals surface area contributed by atoms with Crippen molar-refractivity contribution in [2.45, 2.75) is 26.0 Å². The molecular weight excluding hydrogens is 376 g/mol. The summed E-state index contributed by atoms with van der Waals surface area (Å²) < 4.78 is 0.674. The summed E-state index contributed by atoms with van der Waals surface area (Å²) in [6, 6.07) is 18.1. The topological polar surface area (TPSA) is 32.8 Å². The van der Waals surface area contributed by atoms with Crippen molar-refractivity contribution in [3.63, 3.8) is 0 Å². The molecule has 0 bridgehead atoms. The minimum absolute atomic E-state index is 0.0570. The van der Waals surface area contributed by atoms with Crippen molar-refractivity contribution in [2.75, 3.05) is 17.4 Å². The van der Waals surface area contributed by atoms with E-state index in [0.29, 0.717) is 10.9 Å². The van der Waals surface area contributed by atoms with Gasteiger partial charge in [-0.05, 0) is 31.5 Å². The normalized spacial score (nSPS) is 25.3. The molecule has 6 heteroatoms. The van der Waals surface area contributed by atoms with Crippen LogP contribution >= 0.6 is 24.0 Å². The number of anilines is 1. The van der Waals surface area contributed by atoms with E-state index in [1.54, 1.807) is 16.7 Å². The Kier molecular flexibility index (Phi) is 5.21. The van der Waals surface area contributed by atoms with Crippen molar-refractivity contribution in [1.82, 2.24) is 4.90 Å². The summed E-state index contributed by atoms with van der Waals surface area (Å²) >= 11 is 6.97. The fourth-order valence-electron chi connectivity index (χ4n) is 3.72. The highest BCUT2D eigenvalue weighted by Gasteiger charge is 2.48. The zero-order valence-corrected chi connectivity index (χ0v) is 17.0. The summed E-state index contributed by atoms with van der Waals surface area (Å²) in [5, 5.41) is 1.89. The monoisotopic (exact) mass is 398 g/mol. The minimum atomic E-state index is -0.315. The van der Waals surface area contributed by atoms with Crippen molar-refractivity contribution in [1.29, 1.82) is 0 Å². The Balaban J connectivity index is 1.75. The van der Waals surface area contributed by atoms with Crippen LogP contribution in [0.5, 0.6) is 0 Å². The Labute approximate surface area is 169 Å². The molecule has 0 saturated carbocycles. The highest BCUT2D eigenvalue weighted by atomic mass is 32.2. The molecular formula is C21H22N2O2S2. The van der Waals surface area contributed by atoms with Crippen LogP contribution in [0.2, 0.25) is 0 Å². The lowest BCUT2D eigenvalue weighted by Crippen LogP contribution is -2.41. The predicted octanol–water partition coefficient (Wildman–Crippen LogP) is 4.35. The number of rotatable bonds is 3. The Bertz CT molecular complexity index is 841. The average molecular weight is 399 g/mol. The molecule has 0 unspecified atom stereocenters. The maximum atomic E-state index is 13.4. The van der Waals surface area contributed by atoms with Crippen molar-refractivity contribution in [2.24, 2.45) is 5.92 Å². The number of hydroxylamine groups is 1. The van der Waals surface area contributed by atoms with Crippen LogP contribution in [-0.2, 0) is 9.63 Å². The summed E-state index contributed by atoms with van der Waals surface area (Å²) in [6.07, 6.45) is -0.239. The van der Waals surface area contributed by atoms with E-state index in [1.165, 1.54) is 5.56 Å². The van der Waals surface area contributed by atoms with Gasteiger partial charge < -0.3 is 0 Å². The first-order chi connectivity index (χ1) is 13.1. The Morgan fingerprint density at radius 1 is 1.15 bits per heavy atom. The second-order valence-corrected chi connectivity index (χ2v) is 8.69. The average Bonchev–Trinajstić information content (AvgIpc) is 3.26. The molecule has 2 fully saturated rings. The number of aryl methyl sites for hydroxylation is 1. The molecule has 0 radical (unpaired) electrons. The number of amides is 1. The van der Waals surface area contributed by atoms with Gasteiger partial charge in [-0.3, -0.25) is 14.5 Å². The molecule has 0 N–H and O–H groups in total. The fraction of sp³-hybridized carbons (Fsp3) is 0.333. The smallest absolute Gasteiger partial charge is 0.236 e. The molecule has 3 atom stereocenters. The standard InChI is InChI=1S/C21H22N2O2S2/c1-14-8-10-16(11-9-14)19-18(20(24)22-12-13-27-21(22)26)15(2)25-23(19)17-6-4-3-5-7-17/h3-11,15,18-19H,12-13H2,1-2H3/t15-,18-,19-/m0/s1. The molecule has 1 amide bonds. The largest absolute Gasteiger partial charge is 0.297 e. The Morgan fingerprint density at radius 2 is 1.85 bits per heavy atom. The first-order valence-electron chi connectivity index (χ1n) is 9.12. The van der Waals surface area contributed by atoms with Crippen molar-refractivity contribution in [3.8, 4) is 0 Å². The van der Waals surface area contributed by atoms with Gasteiger partial charge in [-0.2, -0.15) is 0 Å². The van der Waals surface area contributed by atoms with Gasteiger partial charge in [0, 0.05) is 12.3 Å². The third-order valence-corrected chi connectivity index (χ3v) is 6.55. The molecule has 2 aliphatic heterocycles. The first-order valence-corrected chi connectivity index (χ1v) is 10.5. The van der Waals surface area contributed by atoms with E-state index < -0.39 is 0 Å².